The highest BCUT2D eigenvalue weighted by Crippen LogP contribution is 2.33. The number of terminal acetylenes is 1. The fourth-order valence-electron chi connectivity index (χ4n) is 2.32. The Hall–Kier alpha value is -1.96. The molecular formula is C15H14F3NO. The number of nitrogens with zero attached hydrogens (tertiary/aromatic N) is 1. The molecule has 1 saturated heterocycles. The van der Waals surface area contributed by atoms with Gasteiger partial charge in [0.25, 0.3) is 5.91 Å². The highest BCUT2D eigenvalue weighted by Gasteiger charge is 2.42. The molecule has 2 rings (SSSR count). The molecule has 0 bridgehead atoms. The number of hydrogen-bond acceptors (Lipinski definition) is 1. The molecule has 20 heavy (non-hydrogen) atoms. The number of likely N-dealkylation sites (tertiary alicyclic amines) is 1. The smallest absolute Gasteiger partial charge is 0.338 e. The average molecular weight is 281 g/mol. The Labute approximate surface area is 115 Å². The number of alkyl halides is 3. The SMILES string of the molecule is C#Cc1ccc(C(=O)N2CCCC(C(F)(F)F)C2)cc1. The van der Waals surface area contributed by atoms with Crippen molar-refractivity contribution >= 4 is 5.91 Å². The number of rotatable bonds is 1. The molecule has 1 aliphatic rings. The summed E-state index contributed by atoms with van der Waals surface area (Å²) in [5.74, 6) is 0.628. The first-order valence-corrected chi connectivity index (χ1v) is 6.34. The molecule has 1 unspecified atom stereocenters. The van der Waals surface area contributed by atoms with Gasteiger partial charge in [-0.2, -0.15) is 13.2 Å². The van der Waals surface area contributed by atoms with Crippen LogP contribution in [0, 0.1) is 18.3 Å². The third-order valence-electron chi connectivity index (χ3n) is 3.47. The van der Waals surface area contributed by atoms with E-state index in [1.807, 2.05) is 0 Å². The monoisotopic (exact) mass is 281 g/mol. The number of carbonyl (C=O) groups is 1. The lowest BCUT2D eigenvalue weighted by Crippen LogP contribution is -2.44. The maximum Gasteiger partial charge on any atom is 0.393 e. The molecule has 5 heteroatoms. The zero-order chi connectivity index (χ0) is 14.8. The first-order valence-electron chi connectivity index (χ1n) is 6.34. The third kappa shape index (κ3) is 3.13. The van der Waals surface area contributed by atoms with E-state index in [1.165, 1.54) is 4.90 Å². The molecule has 0 aromatic heterocycles. The Balaban J connectivity index is 2.10. The normalized spacial score (nSPS) is 19.5. The summed E-state index contributed by atoms with van der Waals surface area (Å²) in [6.07, 6.45) is 1.43. The maximum atomic E-state index is 12.7. The fourth-order valence-corrected chi connectivity index (χ4v) is 2.32. The Morgan fingerprint density at radius 2 is 1.95 bits per heavy atom. The van der Waals surface area contributed by atoms with Crippen molar-refractivity contribution in [3.63, 3.8) is 0 Å². The van der Waals surface area contributed by atoms with Gasteiger partial charge in [-0.05, 0) is 37.1 Å². The van der Waals surface area contributed by atoms with Crippen molar-refractivity contribution in [1.29, 1.82) is 0 Å². The van der Waals surface area contributed by atoms with Crippen molar-refractivity contribution in [2.75, 3.05) is 13.1 Å². The van der Waals surface area contributed by atoms with Crippen molar-refractivity contribution in [3.8, 4) is 12.3 Å². The molecule has 1 fully saturated rings. The van der Waals surface area contributed by atoms with Crippen LogP contribution in [0.5, 0.6) is 0 Å². The van der Waals surface area contributed by atoms with Crippen LogP contribution in [0.25, 0.3) is 0 Å². The molecular weight excluding hydrogens is 267 g/mol. The second-order valence-electron chi connectivity index (χ2n) is 4.85. The Bertz CT molecular complexity index is 528. The summed E-state index contributed by atoms with van der Waals surface area (Å²) in [6, 6.07) is 6.32. The molecule has 1 aromatic carbocycles. The van der Waals surface area contributed by atoms with Crippen LogP contribution >= 0.6 is 0 Å². The lowest BCUT2D eigenvalue weighted by Gasteiger charge is -2.33. The van der Waals surface area contributed by atoms with Crippen LogP contribution in [0.3, 0.4) is 0 Å². The van der Waals surface area contributed by atoms with Crippen LogP contribution in [-0.4, -0.2) is 30.1 Å². The number of benzene rings is 1. The van der Waals surface area contributed by atoms with Crippen molar-refractivity contribution in [2.45, 2.75) is 19.0 Å². The van der Waals surface area contributed by atoms with E-state index in [4.69, 9.17) is 6.42 Å². The van der Waals surface area contributed by atoms with Crippen LogP contribution in [0.2, 0.25) is 0 Å². The minimum Gasteiger partial charge on any atom is -0.338 e. The zero-order valence-electron chi connectivity index (χ0n) is 10.8. The Kier molecular flexibility index (Phi) is 4.03. The van der Waals surface area contributed by atoms with Gasteiger partial charge in [0.1, 0.15) is 0 Å². The van der Waals surface area contributed by atoms with E-state index in [9.17, 15) is 18.0 Å². The van der Waals surface area contributed by atoms with Gasteiger partial charge < -0.3 is 4.90 Å². The van der Waals surface area contributed by atoms with Crippen molar-refractivity contribution in [1.82, 2.24) is 4.90 Å². The molecule has 1 heterocycles. The lowest BCUT2D eigenvalue weighted by molar-refractivity contribution is -0.184. The number of halogens is 3. The average Bonchev–Trinajstić information content (AvgIpc) is 2.46. The summed E-state index contributed by atoms with van der Waals surface area (Å²) in [6.45, 7) is 0.0987. The molecule has 1 amide bonds. The first kappa shape index (κ1) is 14.4. The van der Waals surface area contributed by atoms with E-state index < -0.39 is 12.1 Å². The largest absolute Gasteiger partial charge is 0.393 e. The summed E-state index contributed by atoms with van der Waals surface area (Å²) in [7, 11) is 0. The summed E-state index contributed by atoms with van der Waals surface area (Å²) in [5, 5.41) is 0. The van der Waals surface area contributed by atoms with E-state index in [0.29, 0.717) is 24.1 Å². The molecule has 1 aliphatic heterocycles. The number of piperidine rings is 1. The van der Waals surface area contributed by atoms with Gasteiger partial charge in [0.2, 0.25) is 0 Å². The zero-order valence-corrected chi connectivity index (χ0v) is 10.8. The number of hydrogen-bond donors (Lipinski definition) is 0. The molecule has 2 nitrogen and oxygen atoms in total. The highest BCUT2D eigenvalue weighted by molar-refractivity contribution is 5.94. The van der Waals surface area contributed by atoms with E-state index in [-0.39, 0.29) is 18.9 Å². The van der Waals surface area contributed by atoms with Gasteiger partial charge in [-0.3, -0.25) is 4.79 Å². The van der Waals surface area contributed by atoms with Crippen molar-refractivity contribution in [2.24, 2.45) is 5.92 Å². The molecule has 106 valence electrons. The van der Waals surface area contributed by atoms with Gasteiger partial charge in [-0.15, -0.1) is 6.42 Å². The second kappa shape index (κ2) is 5.58. The van der Waals surface area contributed by atoms with Gasteiger partial charge in [-0.25, -0.2) is 0 Å². The van der Waals surface area contributed by atoms with Crippen LogP contribution in [-0.2, 0) is 0 Å². The topological polar surface area (TPSA) is 20.3 Å². The lowest BCUT2D eigenvalue weighted by atomic mass is 9.97. The van der Waals surface area contributed by atoms with Crippen LogP contribution < -0.4 is 0 Å². The molecule has 0 N–H and O–H groups in total. The second-order valence-corrected chi connectivity index (χ2v) is 4.85. The highest BCUT2D eigenvalue weighted by atomic mass is 19.4. The van der Waals surface area contributed by atoms with Crippen LogP contribution in [0.1, 0.15) is 28.8 Å². The molecule has 0 aliphatic carbocycles. The van der Waals surface area contributed by atoms with Crippen molar-refractivity contribution in [3.05, 3.63) is 35.4 Å². The minimum atomic E-state index is -4.24. The summed E-state index contributed by atoms with van der Waals surface area (Å²) in [4.78, 5) is 13.4. The maximum absolute atomic E-state index is 12.7. The third-order valence-corrected chi connectivity index (χ3v) is 3.47. The standard InChI is InChI=1S/C15H14F3NO/c1-2-11-5-7-12(8-6-11)14(20)19-9-3-4-13(10-19)15(16,17)18/h1,5-8,13H,3-4,9-10H2. The Morgan fingerprint density at radius 3 is 2.50 bits per heavy atom. The van der Waals surface area contributed by atoms with Gasteiger partial charge in [-0.1, -0.05) is 5.92 Å². The van der Waals surface area contributed by atoms with Crippen molar-refractivity contribution < 1.29 is 18.0 Å². The molecule has 0 spiro atoms. The quantitative estimate of drug-likeness (QED) is 0.724. The molecule has 0 saturated carbocycles. The number of amides is 1. The Morgan fingerprint density at radius 1 is 1.30 bits per heavy atom. The van der Waals surface area contributed by atoms with E-state index in [0.717, 1.165) is 0 Å². The first-order chi connectivity index (χ1) is 9.41. The molecule has 1 atom stereocenters. The fraction of sp³-hybridized carbons (Fsp3) is 0.400. The number of carbonyl (C=O) groups excluding carboxylic acids is 1. The molecule has 0 radical (unpaired) electrons. The van der Waals surface area contributed by atoms with E-state index in [2.05, 4.69) is 5.92 Å². The van der Waals surface area contributed by atoms with Gasteiger partial charge in [0, 0.05) is 24.2 Å². The van der Waals surface area contributed by atoms with Gasteiger partial charge in [0.15, 0.2) is 0 Å². The predicted molar refractivity (Wildman–Crippen MR) is 69.1 cm³/mol. The summed E-state index contributed by atoms with van der Waals surface area (Å²) >= 11 is 0. The predicted octanol–water partition coefficient (Wildman–Crippen LogP) is 3.08. The van der Waals surface area contributed by atoms with E-state index in [1.54, 1.807) is 24.3 Å². The summed E-state index contributed by atoms with van der Waals surface area (Å²) < 4.78 is 38.2. The molecule has 1 aromatic rings. The van der Waals surface area contributed by atoms with Crippen LogP contribution in [0.4, 0.5) is 13.2 Å². The van der Waals surface area contributed by atoms with E-state index >= 15 is 0 Å². The summed E-state index contributed by atoms with van der Waals surface area (Å²) in [5.41, 5.74) is 1.00. The van der Waals surface area contributed by atoms with Gasteiger partial charge >= 0.3 is 6.18 Å². The van der Waals surface area contributed by atoms with Crippen LogP contribution in [0.15, 0.2) is 24.3 Å². The minimum absolute atomic E-state index is 0.0866. The van der Waals surface area contributed by atoms with Gasteiger partial charge in [0.05, 0.1) is 5.92 Å².